The first-order valence-corrected chi connectivity index (χ1v) is 7.14. The molecule has 0 aliphatic rings. The molecule has 1 atom stereocenters. The second kappa shape index (κ2) is 8.04. The third-order valence-corrected chi connectivity index (χ3v) is 3.59. The summed E-state index contributed by atoms with van der Waals surface area (Å²) in [5.41, 5.74) is 5.91. The Kier molecular flexibility index (Phi) is 6.69. The lowest BCUT2D eigenvalue weighted by Gasteiger charge is -2.08. The molecule has 0 radical (unpaired) electrons. The third kappa shape index (κ3) is 5.96. The van der Waals surface area contributed by atoms with Crippen LogP contribution in [0.2, 0.25) is 5.02 Å². The van der Waals surface area contributed by atoms with Crippen LogP contribution in [-0.2, 0) is 9.59 Å². The fourth-order valence-corrected chi connectivity index (χ4v) is 2.25. The third-order valence-electron chi connectivity index (χ3n) is 2.27. The quantitative estimate of drug-likeness (QED) is 0.668. The number of aliphatic carboxylic acids is 1. The number of carboxylic acids is 1. The van der Waals surface area contributed by atoms with Crippen molar-refractivity contribution in [2.75, 3.05) is 16.8 Å². The van der Waals surface area contributed by atoms with E-state index in [9.17, 15) is 9.59 Å². The van der Waals surface area contributed by atoms with Crippen LogP contribution >= 0.6 is 23.4 Å². The number of hydrogen-bond donors (Lipinski definition) is 3. The lowest BCUT2D eigenvalue weighted by atomic mass is 10.2. The smallest absolute Gasteiger partial charge is 0.320 e. The minimum absolute atomic E-state index is 0.179. The highest BCUT2D eigenvalue weighted by Crippen LogP contribution is 2.20. The van der Waals surface area contributed by atoms with Crippen LogP contribution in [0.15, 0.2) is 24.3 Å². The maximum Gasteiger partial charge on any atom is 0.320 e. The molecule has 0 aromatic heterocycles. The number of carbonyl (C=O) groups excluding carboxylic acids is 1. The van der Waals surface area contributed by atoms with E-state index in [4.69, 9.17) is 22.4 Å². The van der Waals surface area contributed by atoms with E-state index in [-0.39, 0.29) is 11.7 Å². The van der Waals surface area contributed by atoms with Gasteiger partial charge in [0, 0.05) is 0 Å². The van der Waals surface area contributed by atoms with Gasteiger partial charge in [-0.2, -0.15) is 11.8 Å². The summed E-state index contributed by atoms with van der Waals surface area (Å²) in [4.78, 5) is 22.1. The van der Waals surface area contributed by atoms with E-state index in [1.807, 2.05) is 0 Å². The molecule has 0 saturated carbocycles. The van der Waals surface area contributed by atoms with E-state index >= 15 is 0 Å². The topological polar surface area (TPSA) is 92.4 Å². The van der Waals surface area contributed by atoms with E-state index < -0.39 is 12.0 Å². The minimum Gasteiger partial charge on any atom is -0.480 e. The van der Waals surface area contributed by atoms with Gasteiger partial charge in [0.15, 0.2) is 0 Å². The zero-order chi connectivity index (χ0) is 14.3. The fraction of sp³-hybridized carbons (Fsp3) is 0.333. The van der Waals surface area contributed by atoms with E-state index in [1.165, 1.54) is 11.8 Å². The maximum atomic E-state index is 11.6. The molecule has 1 rings (SSSR count). The molecule has 0 aliphatic carbocycles. The number of para-hydroxylation sites is 1. The van der Waals surface area contributed by atoms with Gasteiger partial charge in [-0.15, -0.1) is 0 Å². The van der Waals surface area contributed by atoms with Crippen molar-refractivity contribution in [3.8, 4) is 0 Å². The molecule has 1 unspecified atom stereocenters. The van der Waals surface area contributed by atoms with E-state index in [1.54, 1.807) is 24.3 Å². The average Bonchev–Trinajstić information content (AvgIpc) is 2.37. The van der Waals surface area contributed by atoms with Gasteiger partial charge >= 0.3 is 5.97 Å². The highest BCUT2D eigenvalue weighted by Gasteiger charge is 2.11. The Labute approximate surface area is 120 Å². The molecule has 19 heavy (non-hydrogen) atoms. The summed E-state index contributed by atoms with van der Waals surface area (Å²) >= 11 is 7.24. The Balaban J connectivity index is 2.26. The number of nitrogens with two attached hydrogens (primary N) is 1. The number of thioether (sulfide) groups is 1. The molecule has 0 spiro atoms. The maximum absolute atomic E-state index is 11.6. The lowest BCUT2D eigenvalue weighted by Crippen LogP contribution is -2.30. The number of benzene rings is 1. The van der Waals surface area contributed by atoms with Crippen molar-refractivity contribution in [3.63, 3.8) is 0 Å². The highest BCUT2D eigenvalue weighted by molar-refractivity contribution is 7.99. The summed E-state index contributed by atoms with van der Waals surface area (Å²) in [5, 5.41) is 11.7. The lowest BCUT2D eigenvalue weighted by molar-refractivity contribution is -0.138. The average molecular weight is 303 g/mol. The first-order chi connectivity index (χ1) is 9.00. The largest absolute Gasteiger partial charge is 0.480 e. The summed E-state index contributed by atoms with van der Waals surface area (Å²) in [6.07, 6.45) is 0.333. The first kappa shape index (κ1) is 15.8. The number of halogens is 1. The molecular formula is C12H15ClN2O3S. The molecule has 4 N–H and O–H groups in total. The van der Waals surface area contributed by atoms with Gasteiger partial charge in [-0.25, -0.2) is 0 Å². The van der Waals surface area contributed by atoms with Crippen LogP contribution in [0.4, 0.5) is 5.69 Å². The number of nitrogens with one attached hydrogen (secondary N) is 1. The fourth-order valence-electron chi connectivity index (χ4n) is 1.25. The van der Waals surface area contributed by atoms with Crippen molar-refractivity contribution in [2.24, 2.45) is 5.73 Å². The zero-order valence-corrected chi connectivity index (χ0v) is 11.7. The van der Waals surface area contributed by atoms with E-state index in [2.05, 4.69) is 5.32 Å². The SMILES string of the molecule is NC(CCSCC(=O)Nc1ccccc1Cl)C(=O)O. The second-order valence-electron chi connectivity index (χ2n) is 3.81. The molecule has 0 aliphatic heterocycles. The van der Waals surface area contributed by atoms with Crippen LogP contribution in [0.3, 0.4) is 0 Å². The van der Waals surface area contributed by atoms with Crippen molar-refractivity contribution >= 4 is 40.9 Å². The van der Waals surface area contributed by atoms with Crippen LogP contribution in [0.5, 0.6) is 0 Å². The van der Waals surface area contributed by atoms with Crippen LogP contribution in [0, 0.1) is 0 Å². The molecule has 104 valence electrons. The van der Waals surface area contributed by atoms with Gasteiger partial charge in [-0.05, 0) is 24.3 Å². The number of amides is 1. The van der Waals surface area contributed by atoms with E-state index in [0.717, 1.165) is 0 Å². The molecule has 0 saturated heterocycles. The molecular weight excluding hydrogens is 288 g/mol. The van der Waals surface area contributed by atoms with Crippen LogP contribution in [0.1, 0.15) is 6.42 Å². The summed E-state index contributed by atoms with van der Waals surface area (Å²) in [7, 11) is 0. The summed E-state index contributed by atoms with van der Waals surface area (Å²) in [6.45, 7) is 0. The number of carboxylic acid groups (broad SMARTS) is 1. The van der Waals surface area contributed by atoms with Gasteiger partial charge in [-0.3, -0.25) is 9.59 Å². The van der Waals surface area contributed by atoms with Crippen molar-refractivity contribution in [2.45, 2.75) is 12.5 Å². The summed E-state index contributed by atoms with van der Waals surface area (Å²) in [5.74, 6) is -0.454. The molecule has 0 heterocycles. The number of carbonyl (C=O) groups is 2. The number of hydrogen-bond acceptors (Lipinski definition) is 4. The molecule has 7 heteroatoms. The Morgan fingerprint density at radius 1 is 1.42 bits per heavy atom. The van der Waals surface area contributed by atoms with Crippen molar-refractivity contribution < 1.29 is 14.7 Å². The van der Waals surface area contributed by atoms with Crippen LogP contribution in [-0.4, -0.2) is 34.5 Å². The Bertz CT molecular complexity index is 456. The normalized spacial score (nSPS) is 11.9. The molecule has 1 aromatic rings. The van der Waals surface area contributed by atoms with E-state index in [0.29, 0.717) is 22.9 Å². The van der Waals surface area contributed by atoms with Crippen LogP contribution < -0.4 is 11.1 Å². The number of rotatable bonds is 7. The predicted octanol–water partition coefficient (Wildman–Crippen LogP) is 1.81. The van der Waals surface area contributed by atoms with Crippen molar-refractivity contribution in [3.05, 3.63) is 29.3 Å². The van der Waals surface area contributed by atoms with Crippen molar-refractivity contribution in [1.82, 2.24) is 0 Å². The monoisotopic (exact) mass is 302 g/mol. The van der Waals surface area contributed by atoms with Gasteiger partial charge in [0.1, 0.15) is 6.04 Å². The first-order valence-electron chi connectivity index (χ1n) is 5.61. The summed E-state index contributed by atoms with van der Waals surface area (Å²) < 4.78 is 0. The molecule has 0 fully saturated rings. The second-order valence-corrected chi connectivity index (χ2v) is 5.33. The zero-order valence-electron chi connectivity index (χ0n) is 10.1. The van der Waals surface area contributed by atoms with Gasteiger partial charge in [-0.1, -0.05) is 23.7 Å². The van der Waals surface area contributed by atoms with Gasteiger partial charge in [0.05, 0.1) is 16.5 Å². The molecule has 0 bridgehead atoms. The molecule has 1 aromatic carbocycles. The molecule has 5 nitrogen and oxygen atoms in total. The Hall–Kier alpha value is -1.24. The van der Waals surface area contributed by atoms with Gasteiger partial charge in [0.2, 0.25) is 5.91 Å². The minimum atomic E-state index is -1.03. The Morgan fingerprint density at radius 2 is 2.11 bits per heavy atom. The summed E-state index contributed by atoms with van der Waals surface area (Å²) in [6, 6.07) is 6.08. The molecule has 1 amide bonds. The predicted molar refractivity (Wildman–Crippen MR) is 77.6 cm³/mol. The standard InChI is InChI=1S/C12H15ClN2O3S/c13-8-3-1-2-4-10(8)15-11(16)7-19-6-5-9(14)12(17)18/h1-4,9H,5-7,14H2,(H,15,16)(H,17,18). The van der Waals surface area contributed by atoms with Crippen LogP contribution in [0.25, 0.3) is 0 Å². The highest BCUT2D eigenvalue weighted by atomic mass is 35.5. The van der Waals surface area contributed by atoms with Gasteiger partial charge in [0.25, 0.3) is 0 Å². The number of anilines is 1. The van der Waals surface area contributed by atoms with Gasteiger partial charge < -0.3 is 16.2 Å². The van der Waals surface area contributed by atoms with Crippen molar-refractivity contribution in [1.29, 1.82) is 0 Å². The Morgan fingerprint density at radius 3 is 2.74 bits per heavy atom.